The van der Waals surface area contributed by atoms with Gasteiger partial charge < -0.3 is 5.32 Å². The zero-order valence-corrected chi connectivity index (χ0v) is 14.4. The second-order valence-corrected chi connectivity index (χ2v) is 6.65. The van der Waals surface area contributed by atoms with Crippen LogP contribution in [0.25, 0.3) is 11.0 Å². The summed E-state index contributed by atoms with van der Waals surface area (Å²) in [5, 5.41) is 3.02. The molecule has 23 heavy (non-hydrogen) atoms. The van der Waals surface area contributed by atoms with Crippen molar-refractivity contribution in [2.45, 2.75) is 58.9 Å². The fourth-order valence-electron chi connectivity index (χ4n) is 2.62. The number of carbonyl (C=O) groups is 1. The van der Waals surface area contributed by atoms with E-state index >= 15 is 0 Å². The van der Waals surface area contributed by atoms with Crippen molar-refractivity contribution in [3.8, 4) is 0 Å². The first-order chi connectivity index (χ1) is 11.1. The van der Waals surface area contributed by atoms with Gasteiger partial charge in [-0.1, -0.05) is 51.7 Å². The van der Waals surface area contributed by atoms with E-state index in [2.05, 4.69) is 36.1 Å². The van der Waals surface area contributed by atoms with Gasteiger partial charge in [-0.05, 0) is 31.4 Å². The maximum atomic E-state index is 12.3. The summed E-state index contributed by atoms with van der Waals surface area (Å²) < 4.78 is 0. The normalized spacial score (nSPS) is 12.5. The van der Waals surface area contributed by atoms with Gasteiger partial charge in [-0.3, -0.25) is 9.78 Å². The highest BCUT2D eigenvalue weighted by Crippen LogP contribution is 2.11. The minimum atomic E-state index is -0.141. The van der Waals surface area contributed by atoms with Gasteiger partial charge in [0.15, 0.2) is 0 Å². The van der Waals surface area contributed by atoms with Crippen molar-refractivity contribution in [3.05, 3.63) is 36.2 Å². The fraction of sp³-hybridized carbons (Fsp3) is 0.526. The molecule has 4 nitrogen and oxygen atoms in total. The summed E-state index contributed by atoms with van der Waals surface area (Å²) in [6.07, 6.45) is 7.49. The fourth-order valence-corrected chi connectivity index (χ4v) is 2.62. The molecule has 1 atom stereocenters. The van der Waals surface area contributed by atoms with Crippen LogP contribution in [0.3, 0.4) is 0 Å². The zero-order chi connectivity index (χ0) is 16.7. The molecule has 0 saturated heterocycles. The van der Waals surface area contributed by atoms with Crippen LogP contribution in [0.1, 0.15) is 63.4 Å². The molecule has 0 fully saturated rings. The van der Waals surface area contributed by atoms with Crippen LogP contribution in [0.2, 0.25) is 0 Å². The number of hydrogen-bond donors (Lipinski definition) is 1. The smallest absolute Gasteiger partial charge is 0.271 e. The number of benzene rings is 1. The van der Waals surface area contributed by atoms with Crippen LogP contribution < -0.4 is 5.32 Å². The predicted molar refractivity (Wildman–Crippen MR) is 94.4 cm³/mol. The number of nitrogens with zero attached hydrogens (tertiary/aromatic N) is 2. The van der Waals surface area contributed by atoms with Gasteiger partial charge in [0, 0.05) is 6.04 Å². The molecule has 0 saturated carbocycles. The van der Waals surface area contributed by atoms with E-state index in [0.717, 1.165) is 29.8 Å². The summed E-state index contributed by atoms with van der Waals surface area (Å²) in [5.41, 5.74) is 1.94. The van der Waals surface area contributed by atoms with Gasteiger partial charge in [-0.15, -0.1) is 0 Å². The number of nitrogens with one attached hydrogen (secondary N) is 1. The molecular formula is C19H27N3O. The molecular weight excluding hydrogens is 286 g/mol. The number of unbranched alkanes of at least 4 members (excludes halogenated alkanes) is 2. The molecule has 0 aliphatic carbocycles. The Morgan fingerprint density at radius 1 is 1.04 bits per heavy atom. The predicted octanol–water partition coefficient (Wildman–Crippen LogP) is 4.35. The third-order valence-corrected chi connectivity index (χ3v) is 3.98. The molecule has 1 amide bonds. The Balaban J connectivity index is 1.80. The van der Waals surface area contributed by atoms with E-state index in [4.69, 9.17) is 0 Å². The number of carbonyl (C=O) groups excluding carboxylic acids is 1. The molecule has 0 spiro atoms. The average molecular weight is 313 g/mol. The molecule has 1 aromatic carbocycles. The van der Waals surface area contributed by atoms with Gasteiger partial charge in [0.1, 0.15) is 5.69 Å². The molecule has 0 aliphatic rings. The monoisotopic (exact) mass is 313 g/mol. The first kappa shape index (κ1) is 17.4. The van der Waals surface area contributed by atoms with Crippen molar-refractivity contribution in [2.75, 3.05) is 0 Å². The maximum Gasteiger partial charge on any atom is 0.271 e. The van der Waals surface area contributed by atoms with Crippen LogP contribution in [0.15, 0.2) is 30.5 Å². The summed E-state index contributed by atoms with van der Waals surface area (Å²) in [7, 11) is 0. The maximum absolute atomic E-state index is 12.3. The number of amides is 1. The number of hydrogen-bond acceptors (Lipinski definition) is 3. The summed E-state index contributed by atoms with van der Waals surface area (Å²) >= 11 is 0. The quantitative estimate of drug-likeness (QED) is 0.737. The van der Waals surface area contributed by atoms with Crippen molar-refractivity contribution in [1.82, 2.24) is 15.3 Å². The number of rotatable bonds is 8. The zero-order valence-electron chi connectivity index (χ0n) is 14.4. The van der Waals surface area contributed by atoms with Crippen molar-refractivity contribution < 1.29 is 4.79 Å². The summed E-state index contributed by atoms with van der Waals surface area (Å²) in [4.78, 5) is 20.9. The number of fused-ring (bicyclic) bond motifs is 1. The molecule has 0 bridgehead atoms. The Labute approximate surface area is 138 Å². The third kappa shape index (κ3) is 5.62. The van der Waals surface area contributed by atoms with Gasteiger partial charge >= 0.3 is 0 Å². The molecule has 1 N–H and O–H groups in total. The SMILES string of the molecule is CC(C)CCCCC[C@H](C)NC(=O)c1cnc2ccccc2n1. The Morgan fingerprint density at radius 3 is 2.48 bits per heavy atom. The molecule has 2 rings (SSSR count). The van der Waals surface area contributed by atoms with Crippen LogP contribution in [0, 0.1) is 5.92 Å². The highest BCUT2D eigenvalue weighted by molar-refractivity contribution is 5.93. The minimum Gasteiger partial charge on any atom is -0.348 e. The van der Waals surface area contributed by atoms with Crippen LogP contribution in [-0.2, 0) is 0 Å². The molecule has 1 aromatic heterocycles. The van der Waals surface area contributed by atoms with E-state index in [1.54, 1.807) is 6.20 Å². The number of para-hydroxylation sites is 2. The second kappa shape index (κ2) is 8.61. The third-order valence-electron chi connectivity index (χ3n) is 3.98. The molecule has 4 heteroatoms. The summed E-state index contributed by atoms with van der Waals surface area (Å²) in [5.74, 6) is 0.636. The number of aromatic nitrogens is 2. The van der Waals surface area contributed by atoms with Gasteiger partial charge in [0.25, 0.3) is 5.91 Å². The van der Waals surface area contributed by atoms with Gasteiger partial charge in [-0.25, -0.2) is 4.98 Å². The average Bonchev–Trinajstić information content (AvgIpc) is 2.53. The Kier molecular flexibility index (Phi) is 6.51. The van der Waals surface area contributed by atoms with E-state index in [0.29, 0.717) is 5.69 Å². The van der Waals surface area contributed by atoms with Crippen molar-refractivity contribution in [1.29, 1.82) is 0 Å². The van der Waals surface area contributed by atoms with Gasteiger partial charge in [-0.2, -0.15) is 0 Å². The summed E-state index contributed by atoms with van der Waals surface area (Å²) in [6, 6.07) is 7.74. The van der Waals surface area contributed by atoms with Gasteiger partial charge in [0.2, 0.25) is 0 Å². The topological polar surface area (TPSA) is 54.9 Å². The summed E-state index contributed by atoms with van der Waals surface area (Å²) in [6.45, 7) is 6.57. The molecule has 0 radical (unpaired) electrons. The highest BCUT2D eigenvalue weighted by Gasteiger charge is 2.12. The van der Waals surface area contributed by atoms with Crippen LogP contribution in [-0.4, -0.2) is 21.9 Å². The highest BCUT2D eigenvalue weighted by atomic mass is 16.1. The lowest BCUT2D eigenvalue weighted by Crippen LogP contribution is -2.33. The molecule has 124 valence electrons. The Bertz CT molecular complexity index is 639. The largest absolute Gasteiger partial charge is 0.348 e. The van der Waals surface area contributed by atoms with E-state index in [9.17, 15) is 4.79 Å². The van der Waals surface area contributed by atoms with E-state index in [1.165, 1.54) is 19.3 Å². The van der Waals surface area contributed by atoms with Crippen molar-refractivity contribution in [3.63, 3.8) is 0 Å². The lowest BCUT2D eigenvalue weighted by Gasteiger charge is -2.13. The van der Waals surface area contributed by atoms with Crippen LogP contribution in [0.4, 0.5) is 0 Å². The molecule has 1 heterocycles. The second-order valence-electron chi connectivity index (χ2n) is 6.65. The minimum absolute atomic E-state index is 0.141. The standard InChI is InChI=1S/C19H27N3O/c1-14(2)9-5-4-6-10-15(3)21-19(23)18-13-20-16-11-7-8-12-17(16)22-18/h7-8,11-15H,4-6,9-10H2,1-3H3,(H,21,23)/t15-/m0/s1. The van der Waals surface area contributed by atoms with E-state index in [-0.39, 0.29) is 11.9 Å². The molecule has 0 unspecified atom stereocenters. The van der Waals surface area contributed by atoms with Crippen molar-refractivity contribution in [2.24, 2.45) is 5.92 Å². The first-order valence-electron chi connectivity index (χ1n) is 8.59. The van der Waals surface area contributed by atoms with E-state index in [1.807, 2.05) is 24.3 Å². The van der Waals surface area contributed by atoms with Crippen LogP contribution >= 0.6 is 0 Å². The van der Waals surface area contributed by atoms with E-state index < -0.39 is 0 Å². The van der Waals surface area contributed by atoms with Crippen LogP contribution in [0.5, 0.6) is 0 Å². The lowest BCUT2D eigenvalue weighted by molar-refractivity contribution is 0.0933. The van der Waals surface area contributed by atoms with Gasteiger partial charge in [0.05, 0.1) is 17.2 Å². The lowest BCUT2D eigenvalue weighted by atomic mass is 10.0. The molecule has 2 aromatic rings. The van der Waals surface area contributed by atoms with Crippen molar-refractivity contribution >= 4 is 16.9 Å². The Morgan fingerprint density at radius 2 is 1.74 bits per heavy atom. The first-order valence-corrected chi connectivity index (χ1v) is 8.59. The Hall–Kier alpha value is -1.97. The molecule has 0 aliphatic heterocycles.